The van der Waals surface area contributed by atoms with Crippen LogP contribution < -0.4 is 10.1 Å². The highest BCUT2D eigenvalue weighted by atomic mass is 16.7. The summed E-state index contributed by atoms with van der Waals surface area (Å²) in [5, 5.41) is 2.83. The molecule has 0 unspecified atom stereocenters. The van der Waals surface area contributed by atoms with Crippen molar-refractivity contribution in [1.82, 2.24) is 5.32 Å². The second-order valence-corrected chi connectivity index (χ2v) is 9.46. The van der Waals surface area contributed by atoms with Gasteiger partial charge in [0.1, 0.15) is 12.4 Å². The molecule has 0 radical (unpaired) electrons. The minimum absolute atomic E-state index is 0.109. The van der Waals surface area contributed by atoms with Gasteiger partial charge in [-0.3, -0.25) is 0 Å². The van der Waals surface area contributed by atoms with Gasteiger partial charge in [-0.2, -0.15) is 0 Å². The molecule has 6 nitrogen and oxygen atoms in total. The Morgan fingerprint density at radius 3 is 2.18 bits per heavy atom. The van der Waals surface area contributed by atoms with Crippen molar-refractivity contribution in [3.05, 3.63) is 71.2 Å². The lowest BCUT2D eigenvalue weighted by atomic mass is 9.77. The van der Waals surface area contributed by atoms with Crippen molar-refractivity contribution < 1.29 is 23.6 Å². The third-order valence-corrected chi connectivity index (χ3v) is 5.81. The van der Waals surface area contributed by atoms with E-state index in [1.54, 1.807) is 0 Å². The monoisotopic (exact) mass is 451 g/mol. The third kappa shape index (κ3) is 6.86. The summed E-state index contributed by atoms with van der Waals surface area (Å²) in [5.41, 5.74) is 1.70. The highest BCUT2D eigenvalue weighted by molar-refractivity contribution is 6.56. The number of hydrogen-bond acceptors (Lipinski definition) is 5. The maximum absolute atomic E-state index is 12.3. The molecule has 1 N–H and O–H groups in total. The van der Waals surface area contributed by atoms with Gasteiger partial charge in [-0.25, -0.2) is 4.79 Å². The zero-order valence-corrected chi connectivity index (χ0v) is 20.4. The molecule has 0 atom stereocenters. The molecule has 0 aromatic heterocycles. The van der Waals surface area contributed by atoms with Crippen LogP contribution in [0.1, 0.15) is 52.7 Å². The lowest BCUT2D eigenvalue weighted by Crippen LogP contribution is -2.41. The van der Waals surface area contributed by atoms with Gasteiger partial charge in [0.05, 0.1) is 17.3 Å². The molecule has 1 heterocycles. The minimum Gasteiger partial charge on any atom is -0.491 e. The Kier molecular flexibility index (Phi) is 7.87. The average Bonchev–Trinajstić information content (AvgIpc) is 2.98. The van der Waals surface area contributed by atoms with Gasteiger partial charge in [0.15, 0.2) is 0 Å². The number of carbonyl (C=O) groups is 1. The van der Waals surface area contributed by atoms with E-state index in [1.807, 2.05) is 102 Å². The van der Waals surface area contributed by atoms with Crippen LogP contribution in [0.4, 0.5) is 4.79 Å². The van der Waals surface area contributed by atoms with Crippen LogP contribution in [-0.4, -0.2) is 37.1 Å². The van der Waals surface area contributed by atoms with E-state index in [0.717, 1.165) is 22.3 Å². The molecule has 2 aromatic rings. The van der Waals surface area contributed by atoms with Crippen molar-refractivity contribution in [2.75, 3.05) is 6.54 Å². The smallest absolute Gasteiger partial charge is 0.491 e. The number of amides is 1. The van der Waals surface area contributed by atoms with E-state index >= 15 is 0 Å². The number of rotatable bonds is 8. The Morgan fingerprint density at radius 1 is 1.00 bits per heavy atom. The molecule has 33 heavy (non-hydrogen) atoms. The van der Waals surface area contributed by atoms with Crippen LogP contribution in [0.2, 0.25) is 0 Å². The maximum Gasteiger partial charge on any atom is 0.492 e. The van der Waals surface area contributed by atoms with Crippen molar-refractivity contribution in [3.8, 4) is 5.75 Å². The molecule has 176 valence electrons. The molecule has 1 aliphatic heterocycles. The predicted octanol–water partition coefficient (Wildman–Crippen LogP) is 5.42. The zero-order valence-electron chi connectivity index (χ0n) is 20.4. The molecule has 7 heteroatoms. The quantitative estimate of drug-likeness (QED) is 0.544. The van der Waals surface area contributed by atoms with Gasteiger partial charge in [0.2, 0.25) is 0 Å². The highest BCUT2D eigenvalue weighted by Gasteiger charge is 2.52. The summed E-state index contributed by atoms with van der Waals surface area (Å²) in [6, 6.07) is 17.4. The van der Waals surface area contributed by atoms with Crippen LogP contribution in [0.25, 0.3) is 6.08 Å². The fourth-order valence-corrected chi connectivity index (χ4v) is 3.27. The molecule has 1 aliphatic rings. The Hall–Kier alpha value is -2.77. The molecule has 1 amide bonds. The van der Waals surface area contributed by atoms with Gasteiger partial charge < -0.3 is 24.1 Å². The van der Waals surface area contributed by atoms with Crippen molar-refractivity contribution >= 4 is 19.3 Å². The Labute approximate surface area is 197 Å². The molecule has 2 aromatic carbocycles. The van der Waals surface area contributed by atoms with Gasteiger partial charge in [-0.1, -0.05) is 48.5 Å². The van der Waals surface area contributed by atoms with Crippen LogP contribution in [0, 0.1) is 0 Å². The number of nitrogens with one attached hydrogen (secondary N) is 1. The Morgan fingerprint density at radius 2 is 1.61 bits per heavy atom. The molecule has 1 saturated heterocycles. The van der Waals surface area contributed by atoms with Crippen molar-refractivity contribution in [2.24, 2.45) is 0 Å². The van der Waals surface area contributed by atoms with Crippen LogP contribution in [0.15, 0.2) is 60.1 Å². The first kappa shape index (κ1) is 24.9. The van der Waals surface area contributed by atoms with E-state index < -0.39 is 24.4 Å². The van der Waals surface area contributed by atoms with E-state index in [2.05, 4.69) is 5.32 Å². The summed E-state index contributed by atoms with van der Waals surface area (Å²) in [5.74, 6) is 0.807. The van der Waals surface area contributed by atoms with Gasteiger partial charge in [0.25, 0.3) is 0 Å². The van der Waals surface area contributed by atoms with Gasteiger partial charge in [-0.05, 0) is 70.3 Å². The Balaban J connectivity index is 1.71. The number of hydrogen-bond donors (Lipinski definition) is 1. The molecule has 0 saturated carbocycles. The molecule has 0 bridgehead atoms. The highest BCUT2D eigenvalue weighted by Crippen LogP contribution is 2.38. The first-order chi connectivity index (χ1) is 15.6. The lowest BCUT2D eigenvalue weighted by molar-refractivity contribution is 0.00578. The molecule has 1 fully saturated rings. The zero-order chi connectivity index (χ0) is 24.1. The summed E-state index contributed by atoms with van der Waals surface area (Å²) in [7, 11) is -0.587. The normalized spacial score (nSPS) is 17.2. The van der Waals surface area contributed by atoms with Gasteiger partial charge in [0, 0.05) is 6.54 Å². The average molecular weight is 451 g/mol. The summed E-state index contributed by atoms with van der Waals surface area (Å²) < 4.78 is 23.5. The number of carbonyl (C=O) groups excluding carboxylic acids is 1. The first-order valence-corrected chi connectivity index (χ1v) is 11.3. The number of alkyl carbamates (subject to hydrolysis) is 1. The second-order valence-electron chi connectivity index (χ2n) is 9.46. The topological polar surface area (TPSA) is 66.0 Å². The lowest BCUT2D eigenvalue weighted by Gasteiger charge is -2.32. The van der Waals surface area contributed by atoms with E-state index in [-0.39, 0.29) is 19.3 Å². The van der Waals surface area contributed by atoms with E-state index in [0.29, 0.717) is 0 Å². The molecular formula is C26H34BNO5. The molecule has 3 rings (SSSR count). The first-order valence-electron chi connectivity index (χ1n) is 11.3. The minimum atomic E-state index is -0.587. The van der Waals surface area contributed by atoms with E-state index in [1.165, 1.54) is 0 Å². The summed E-state index contributed by atoms with van der Waals surface area (Å²) in [4.78, 5) is 12.3. The SMILES string of the molecule is CC(C)Oc1ccc(C=C(CNC(=O)OCc2ccccc2)B2OC(C)(C)C(C)(C)O2)cc1. The number of ether oxygens (including phenoxy) is 2. The van der Waals surface area contributed by atoms with Crippen molar-refractivity contribution in [1.29, 1.82) is 0 Å². The van der Waals surface area contributed by atoms with Crippen LogP contribution in [0.5, 0.6) is 5.75 Å². The predicted molar refractivity (Wildman–Crippen MR) is 131 cm³/mol. The number of benzene rings is 2. The van der Waals surface area contributed by atoms with Crippen LogP contribution >= 0.6 is 0 Å². The second kappa shape index (κ2) is 10.4. The summed E-state index contributed by atoms with van der Waals surface area (Å²) in [6.07, 6.45) is 1.58. The molecular weight excluding hydrogens is 417 g/mol. The van der Waals surface area contributed by atoms with E-state index in [9.17, 15) is 4.79 Å². The largest absolute Gasteiger partial charge is 0.492 e. The fourth-order valence-electron chi connectivity index (χ4n) is 3.27. The molecule has 0 spiro atoms. The van der Waals surface area contributed by atoms with Gasteiger partial charge >= 0.3 is 13.2 Å². The van der Waals surface area contributed by atoms with E-state index in [4.69, 9.17) is 18.8 Å². The Bertz CT molecular complexity index is 938. The summed E-state index contributed by atoms with van der Waals surface area (Å²) >= 11 is 0. The van der Waals surface area contributed by atoms with Crippen molar-refractivity contribution in [3.63, 3.8) is 0 Å². The fraction of sp³-hybridized carbons (Fsp3) is 0.423. The summed E-state index contributed by atoms with van der Waals surface area (Å²) in [6.45, 7) is 12.4. The standard InChI is InChI=1S/C26H34BNO5/c1-19(2)31-23-14-12-20(13-15-23)16-22(27-32-25(3,4)26(5,6)33-27)17-28-24(29)30-18-21-10-8-7-9-11-21/h7-16,19H,17-18H2,1-6H3,(H,28,29). The van der Waals surface area contributed by atoms with Gasteiger partial charge in [-0.15, -0.1) is 0 Å². The maximum atomic E-state index is 12.3. The molecule has 0 aliphatic carbocycles. The third-order valence-electron chi connectivity index (χ3n) is 5.81. The van der Waals surface area contributed by atoms with Crippen LogP contribution in [-0.2, 0) is 20.7 Å². The van der Waals surface area contributed by atoms with Crippen molar-refractivity contribution in [2.45, 2.75) is 65.5 Å². The van der Waals surface area contributed by atoms with Crippen LogP contribution in [0.3, 0.4) is 0 Å².